The summed E-state index contributed by atoms with van der Waals surface area (Å²) in [5.74, 6) is -0.878. The van der Waals surface area contributed by atoms with E-state index in [2.05, 4.69) is 9.83 Å². The lowest BCUT2D eigenvalue weighted by molar-refractivity contribution is -0.125. The number of likely N-dealkylation sites (tertiary alicyclic amines) is 1. The summed E-state index contributed by atoms with van der Waals surface area (Å²) in [4.78, 5) is 34.8. The Hall–Kier alpha value is -3.58. The average molecular weight is 462 g/mol. The number of nitrogens with zero attached hydrogens (tertiary/aromatic N) is 4. The van der Waals surface area contributed by atoms with Crippen LogP contribution < -0.4 is 5.73 Å². The number of hydrogen-bond acceptors (Lipinski definition) is 6. The smallest absolute Gasteiger partial charge is 0.246 e. The third-order valence-electron chi connectivity index (χ3n) is 6.30. The molecular weight excluding hydrogens is 434 g/mol. The zero-order valence-electron chi connectivity index (χ0n) is 18.9. The number of piperidine rings is 1. The minimum absolute atomic E-state index is 0.0124. The highest BCUT2D eigenvalue weighted by Crippen LogP contribution is 2.30. The van der Waals surface area contributed by atoms with Crippen LogP contribution in [0.4, 0.5) is 5.69 Å². The second kappa shape index (κ2) is 9.73. The van der Waals surface area contributed by atoms with Gasteiger partial charge in [-0.05, 0) is 43.5 Å². The molecule has 9 heteroatoms. The zero-order chi connectivity index (χ0) is 24.4. The van der Waals surface area contributed by atoms with E-state index in [0.717, 1.165) is 5.69 Å². The fourth-order valence-electron chi connectivity index (χ4n) is 4.46. The number of aromatic nitrogens is 2. The molecule has 0 bridgehead atoms. The number of carbonyl (C=O) groups excluding carboxylic acids is 2. The van der Waals surface area contributed by atoms with Crippen molar-refractivity contribution in [2.75, 3.05) is 19.6 Å². The van der Waals surface area contributed by atoms with Crippen LogP contribution in [0, 0.1) is 13.5 Å². The van der Waals surface area contributed by atoms with Gasteiger partial charge in [-0.1, -0.05) is 12.1 Å². The lowest BCUT2D eigenvalue weighted by Gasteiger charge is -2.28. The molecule has 1 aliphatic rings. The van der Waals surface area contributed by atoms with Gasteiger partial charge in [-0.25, -0.2) is 4.85 Å². The van der Waals surface area contributed by atoms with Gasteiger partial charge in [0.2, 0.25) is 5.91 Å². The Balaban J connectivity index is 1.78. The molecule has 1 unspecified atom stereocenters. The van der Waals surface area contributed by atoms with E-state index >= 15 is 0 Å². The maximum absolute atomic E-state index is 13.4. The zero-order valence-corrected chi connectivity index (χ0v) is 18.9. The van der Waals surface area contributed by atoms with E-state index in [9.17, 15) is 19.8 Å². The summed E-state index contributed by atoms with van der Waals surface area (Å²) in [7, 11) is 0. The molecule has 4 rings (SSSR count). The van der Waals surface area contributed by atoms with E-state index in [-0.39, 0.29) is 24.9 Å². The van der Waals surface area contributed by atoms with Crippen LogP contribution in [0.25, 0.3) is 21.6 Å². The summed E-state index contributed by atoms with van der Waals surface area (Å²) in [5.41, 5.74) is 9.52. The lowest BCUT2D eigenvalue weighted by atomic mass is 10.0. The number of aliphatic hydroxyl groups is 2. The van der Waals surface area contributed by atoms with Gasteiger partial charge in [-0.2, -0.15) is 0 Å². The molecule has 0 saturated carbocycles. The maximum Gasteiger partial charge on any atom is 0.246 e. The van der Waals surface area contributed by atoms with E-state index in [1.54, 1.807) is 24.4 Å². The normalized spacial score (nSPS) is 15.8. The number of Topliss-reactive ketones (excluding diaryl/α,β-unsaturated/α-hetero) is 1. The molecule has 0 aliphatic carbocycles. The van der Waals surface area contributed by atoms with Crippen molar-refractivity contribution in [3.63, 3.8) is 0 Å². The average Bonchev–Trinajstić information content (AvgIpc) is 3.11. The second-order valence-corrected chi connectivity index (χ2v) is 8.69. The van der Waals surface area contributed by atoms with Gasteiger partial charge >= 0.3 is 0 Å². The Morgan fingerprint density at radius 3 is 2.56 bits per heavy atom. The number of rotatable bonds is 7. The molecule has 1 atom stereocenters. The van der Waals surface area contributed by atoms with E-state index < -0.39 is 12.0 Å². The van der Waals surface area contributed by atoms with E-state index in [4.69, 9.17) is 12.3 Å². The van der Waals surface area contributed by atoms with Crippen LogP contribution in [0.15, 0.2) is 36.5 Å². The van der Waals surface area contributed by atoms with Gasteiger partial charge in [0.1, 0.15) is 6.10 Å². The monoisotopic (exact) mass is 461 g/mol. The van der Waals surface area contributed by atoms with Gasteiger partial charge in [0, 0.05) is 37.1 Å². The number of fused-ring (bicyclic) bond motifs is 1. The first kappa shape index (κ1) is 23.6. The standard InChI is InChI=1S/C25H27N5O4/c1-15-23(22(33)14-29-9-7-19(31)8-10-29)24-20(11-16(13-28-24)12-21(32)25(26)34)30(15)18-5-3-17(27-2)4-6-18/h3-6,11,13,19,21,31-32H,7-10,12,14H2,1H3,(H2,26,34). The molecule has 0 radical (unpaired) electrons. The predicted molar refractivity (Wildman–Crippen MR) is 127 cm³/mol. The number of carbonyl (C=O) groups is 2. The van der Waals surface area contributed by atoms with Gasteiger partial charge < -0.3 is 20.5 Å². The quantitative estimate of drug-likeness (QED) is 0.365. The van der Waals surface area contributed by atoms with Crippen LogP contribution in [-0.2, 0) is 11.2 Å². The largest absolute Gasteiger partial charge is 0.393 e. The molecule has 1 amide bonds. The molecule has 3 heterocycles. The summed E-state index contributed by atoms with van der Waals surface area (Å²) in [6, 6.07) is 8.85. The Labute approximate surface area is 197 Å². The first-order valence-electron chi connectivity index (χ1n) is 11.2. The minimum atomic E-state index is -1.34. The molecule has 3 aromatic rings. The number of hydrogen-bond donors (Lipinski definition) is 3. The van der Waals surface area contributed by atoms with Gasteiger partial charge in [-0.15, -0.1) is 0 Å². The van der Waals surface area contributed by atoms with Crippen LogP contribution in [0.1, 0.15) is 34.5 Å². The number of ketones is 1. The van der Waals surface area contributed by atoms with Crippen molar-refractivity contribution in [3.05, 3.63) is 64.8 Å². The number of aliphatic hydroxyl groups excluding tert-OH is 2. The summed E-state index contributed by atoms with van der Waals surface area (Å²) < 4.78 is 1.91. The van der Waals surface area contributed by atoms with Gasteiger partial charge in [0.05, 0.1) is 35.8 Å². The molecule has 34 heavy (non-hydrogen) atoms. The lowest BCUT2D eigenvalue weighted by Crippen LogP contribution is -2.39. The van der Waals surface area contributed by atoms with Gasteiger partial charge in [-0.3, -0.25) is 19.5 Å². The molecule has 1 aromatic carbocycles. The maximum atomic E-state index is 13.4. The predicted octanol–water partition coefficient (Wildman–Crippen LogP) is 1.91. The fraction of sp³-hybridized carbons (Fsp3) is 0.360. The Morgan fingerprint density at radius 2 is 1.94 bits per heavy atom. The summed E-state index contributed by atoms with van der Waals surface area (Å²) in [6.45, 7) is 10.6. The second-order valence-electron chi connectivity index (χ2n) is 8.69. The highest BCUT2D eigenvalue weighted by Gasteiger charge is 2.26. The van der Waals surface area contributed by atoms with Crippen molar-refractivity contribution in [2.45, 2.75) is 38.4 Å². The molecule has 176 valence electrons. The number of nitrogens with two attached hydrogens (primary N) is 1. The van der Waals surface area contributed by atoms with Crippen molar-refractivity contribution in [2.24, 2.45) is 5.73 Å². The Morgan fingerprint density at radius 1 is 1.26 bits per heavy atom. The third kappa shape index (κ3) is 4.70. The van der Waals surface area contributed by atoms with E-state index in [1.165, 1.54) is 0 Å². The molecule has 1 fully saturated rings. The summed E-state index contributed by atoms with van der Waals surface area (Å²) >= 11 is 0. The summed E-state index contributed by atoms with van der Waals surface area (Å²) in [6.07, 6.45) is 1.20. The molecule has 2 aromatic heterocycles. The van der Waals surface area contributed by atoms with Crippen LogP contribution in [-0.4, -0.2) is 68.2 Å². The fourth-order valence-corrected chi connectivity index (χ4v) is 4.46. The summed E-state index contributed by atoms with van der Waals surface area (Å²) in [5, 5.41) is 19.7. The van der Waals surface area contributed by atoms with E-state index in [0.29, 0.717) is 59.5 Å². The van der Waals surface area contributed by atoms with Crippen molar-refractivity contribution in [1.29, 1.82) is 0 Å². The molecule has 9 nitrogen and oxygen atoms in total. The first-order chi connectivity index (χ1) is 16.3. The SMILES string of the molecule is [C-]#[N+]c1ccc(-n2c(C)c(C(=O)CN3CCC(O)CC3)c3ncc(CC(O)C(N)=O)cc32)cc1. The molecule has 4 N–H and O–H groups in total. The third-order valence-corrected chi connectivity index (χ3v) is 6.30. The first-order valence-corrected chi connectivity index (χ1v) is 11.2. The van der Waals surface area contributed by atoms with Crippen LogP contribution in [0.2, 0.25) is 0 Å². The van der Waals surface area contributed by atoms with Crippen molar-refractivity contribution in [3.8, 4) is 5.69 Å². The highest BCUT2D eigenvalue weighted by molar-refractivity contribution is 6.09. The molecule has 1 aliphatic heterocycles. The number of pyridine rings is 1. The number of benzene rings is 1. The number of amides is 1. The molecule has 1 saturated heterocycles. The topological polar surface area (TPSA) is 126 Å². The van der Waals surface area contributed by atoms with Crippen LogP contribution in [0.5, 0.6) is 0 Å². The minimum Gasteiger partial charge on any atom is -0.393 e. The highest BCUT2D eigenvalue weighted by atomic mass is 16.3. The van der Waals surface area contributed by atoms with Crippen LogP contribution in [0.3, 0.4) is 0 Å². The van der Waals surface area contributed by atoms with Crippen molar-refractivity contribution in [1.82, 2.24) is 14.5 Å². The van der Waals surface area contributed by atoms with E-state index in [1.807, 2.05) is 28.5 Å². The Kier molecular flexibility index (Phi) is 6.75. The molecule has 0 spiro atoms. The van der Waals surface area contributed by atoms with Gasteiger partial charge in [0.15, 0.2) is 11.5 Å². The van der Waals surface area contributed by atoms with Gasteiger partial charge in [0.25, 0.3) is 0 Å². The Bertz CT molecular complexity index is 1270. The van der Waals surface area contributed by atoms with Crippen LogP contribution >= 0.6 is 0 Å². The van der Waals surface area contributed by atoms with Crippen molar-refractivity contribution < 1.29 is 19.8 Å². The van der Waals surface area contributed by atoms with Crippen molar-refractivity contribution >= 4 is 28.4 Å². The number of primary amides is 1. The molecular formula is C25H27N5O4.